The van der Waals surface area contributed by atoms with Gasteiger partial charge in [-0.2, -0.15) is 0 Å². The van der Waals surface area contributed by atoms with Crippen LogP contribution in [0.1, 0.15) is 49.0 Å². The largest absolute Gasteiger partial charge is 0.372 e. The van der Waals surface area contributed by atoms with Gasteiger partial charge in [0, 0.05) is 32.4 Å². The van der Waals surface area contributed by atoms with Crippen molar-refractivity contribution >= 4 is 17.5 Å². The molecule has 0 aliphatic carbocycles. The van der Waals surface area contributed by atoms with E-state index < -0.39 is 29.1 Å². The highest BCUT2D eigenvalue weighted by atomic mass is 19.1. The number of hydrogen-bond donors (Lipinski definition) is 1. The van der Waals surface area contributed by atoms with E-state index in [2.05, 4.69) is 22.3 Å². The predicted molar refractivity (Wildman–Crippen MR) is 121 cm³/mol. The predicted octanol–water partition coefficient (Wildman–Crippen LogP) is 4.37. The molecule has 0 spiro atoms. The fourth-order valence-corrected chi connectivity index (χ4v) is 4.00. The Hall–Kier alpha value is -2.96. The Morgan fingerprint density at radius 2 is 1.59 bits per heavy atom. The third-order valence-electron chi connectivity index (χ3n) is 5.86. The van der Waals surface area contributed by atoms with Gasteiger partial charge in [0.1, 0.15) is 23.2 Å². The van der Waals surface area contributed by atoms with Gasteiger partial charge in [-0.3, -0.25) is 9.59 Å². The van der Waals surface area contributed by atoms with E-state index >= 15 is 0 Å². The van der Waals surface area contributed by atoms with Crippen LogP contribution in [0.2, 0.25) is 0 Å². The molecule has 1 N–H and O–H groups in total. The maximum Gasteiger partial charge on any atom is 0.257 e. The van der Waals surface area contributed by atoms with Crippen LogP contribution in [0.5, 0.6) is 0 Å². The number of benzene rings is 2. The maximum atomic E-state index is 14.0. The number of nitrogens with one attached hydrogen (secondary N) is 1. The van der Waals surface area contributed by atoms with Crippen molar-refractivity contribution in [1.82, 2.24) is 10.2 Å². The Morgan fingerprint density at radius 1 is 1.00 bits per heavy atom. The first kappa shape index (κ1) is 23.7. The first-order valence-electron chi connectivity index (χ1n) is 11.1. The van der Waals surface area contributed by atoms with Crippen LogP contribution < -0.4 is 10.2 Å². The molecule has 0 unspecified atom stereocenters. The molecule has 5 nitrogen and oxygen atoms in total. The Labute approximate surface area is 188 Å². The van der Waals surface area contributed by atoms with Crippen LogP contribution in [0.3, 0.4) is 0 Å². The molecule has 1 fully saturated rings. The van der Waals surface area contributed by atoms with Crippen molar-refractivity contribution in [2.24, 2.45) is 5.92 Å². The number of carbonyl (C=O) groups excluding carboxylic acids is 2. The second-order valence-electron chi connectivity index (χ2n) is 8.70. The molecule has 0 radical (unpaired) electrons. The zero-order valence-electron chi connectivity index (χ0n) is 18.9. The number of carbonyl (C=O) groups is 2. The van der Waals surface area contributed by atoms with Gasteiger partial charge in [0.2, 0.25) is 5.91 Å². The van der Waals surface area contributed by atoms with Gasteiger partial charge in [-0.25, -0.2) is 8.78 Å². The van der Waals surface area contributed by atoms with Gasteiger partial charge in [-0.1, -0.05) is 32.0 Å². The number of nitrogens with zero attached hydrogens (tertiary/aromatic N) is 2. The average Bonchev–Trinajstić information content (AvgIpc) is 2.77. The molecular formula is C25H31F2N3O2. The molecule has 2 aromatic rings. The van der Waals surface area contributed by atoms with Gasteiger partial charge < -0.3 is 15.1 Å². The molecule has 2 amide bonds. The summed E-state index contributed by atoms with van der Waals surface area (Å²) in [6, 6.07) is 10.5. The maximum absolute atomic E-state index is 14.0. The number of halogens is 2. The lowest BCUT2D eigenvalue weighted by atomic mass is 10.0. The van der Waals surface area contributed by atoms with Crippen LogP contribution in [0.15, 0.2) is 42.5 Å². The quantitative estimate of drug-likeness (QED) is 0.692. The Kier molecular flexibility index (Phi) is 7.83. The minimum absolute atomic E-state index is 0.259. The summed E-state index contributed by atoms with van der Waals surface area (Å²) >= 11 is 0. The van der Waals surface area contributed by atoms with Crippen LogP contribution in [0.25, 0.3) is 0 Å². The molecule has 1 atom stereocenters. The van der Waals surface area contributed by atoms with Crippen molar-refractivity contribution in [3.05, 3.63) is 65.2 Å². The summed E-state index contributed by atoms with van der Waals surface area (Å²) < 4.78 is 27.9. The molecule has 0 aromatic heterocycles. The van der Waals surface area contributed by atoms with Gasteiger partial charge in [-0.15, -0.1) is 0 Å². The second-order valence-corrected chi connectivity index (χ2v) is 8.70. The molecule has 1 aliphatic heterocycles. The molecule has 32 heavy (non-hydrogen) atoms. The molecule has 3 rings (SSSR count). The lowest BCUT2D eigenvalue weighted by Gasteiger charge is -2.29. The highest BCUT2D eigenvalue weighted by Crippen LogP contribution is 2.21. The average molecular weight is 444 g/mol. The number of hydrogen-bond acceptors (Lipinski definition) is 3. The van der Waals surface area contributed by atoms with Crippen molar-refractivity contribution in [3.8, 4) is 0 Å². The van der Waals surface area contributed by atoms with Crippen LogP contribution >= 0.6 is 0 Å². The van der Waals surface area contributed by atoms with Crippen LogP contribution in [0, 0.1) is 17.6 Å². The molecule has 7 heteroatoms. The third-order valence-corrected chi connectivity index (χ3v) is 5.86. The number of amides is 2. The number of piperidine rings is 1. The summed E-state index contributed by atoms with van der Waals surface area (Å²) in [6.07, 6.45) is 3.69. The minimum atomic E-state index is -0.959. The van der Waals surface area contributed by atoms with E-state index in [4.69, 9.17) is 0 Å². The Bertz CT molecular complexity index is 920. The smallest absolute Gasteiger partial charge is 0.257 e. The summed E-state index contributed by atoms with van der Waals surface area (Å²) in [7, 11) is 1.66. The van der Waals surface area contributed by atoms with E-state index in [1.165, 1.54) is 35.9 Å². The van der Waals surface area contributed by atoms with Gasteiger partial charge in [0.05, 0.1) is 0 Å². The topological polar surface area (TPSA) is 52.7 Å². The highest BCUT2D eigenvalue weighted by molar-refractivity contribution is 5.98. The number of likely N-dealkylation sites (N-methyl/N-ethyl adjacent to an activating group) is 1. The molecular weight excluding hydrogens is 412 g/mol. The SMILES string of the molecule is CC(C)[C@H](NC(=O)c1c(F)cccc1F)C(=O)N(C)Cc1ccc(N2CCCCC2)cc1. The lowest BCUT2D eigenvalue weighted by molar-refractivity contribution is -0.133. The van der Waals surface area contributed by atoms with Crippen LogP contribution in [-0.4, -0.2) is 42.9 Å². The van der Waals surface area contributed by atoms with Gasteiger partial charge in [-0.05, 0) is 55.0 Å². The summed E-state index contributed by atoms with van der Waals surface area (Å²) in [4.78, 5) is 29.5. The van der Waals surface area contributed by atoms with E-state index in [9.17, 15) is 18.4 Å². The molecule has 1 heterocycles. The zero-order valence-corrected chi connectivity index (χ0v) is 18.9. The summed E-state index contributed by atoms with van der Waals surface area (Å²) in [5, 5.41) is 2.52. The van der Waals surface area contributed by atoms with Gasteiger partial charge in [0.25, 0.3) is 5.91 Å². The normalized spacial score (nSPS) is 14.9. The Morgan fingerprint density at radius 3 is 2.16 bits per heavy atom. The van der Waals surface area contributed by atoms with Crippen molar-refractivity contribution in [2.45, 2.75) is 45.7 Å². The van der Waals surface area contributed by atoms with Crippen molar-refractivity contribution in [2.75, 3.05) is 25.0 Å². The monoisotopic (exact) mass is 443 g/mol. The van der Waals surface area contributed by atoms with Crippen molar-refractivity contribution < 1.29 is 18.4 Å². The van der Waals surface area contributed by atoms with E-state index in [1.54, 1.807) is 20.9 Å². The minimum Gasteiger partial charge on any atom is -0.372 e. The highest BCUT2D eigenvalue weighted by Gasteiger charge is 2.29. The molecule has 172 valence electrons. The molecule has 0 bridgehead atoms. The number of anilines is 1. The standard InChI is InChI=1S/C25H31F2N3O2/c1-17(2)23(28-24(31)22-20(26)8-7-9-21(22)27)25(32)29(3)16-18-10-12-19(13-11-18)30-14-5-4-6-15-30/h7-13,17,23H,4-6,14-16H2,1-3H3,(H,28,31)/t23-/m0/s1. The van der Waals surface area contributed by atoms with Crippen LogP contribution in [-0.2, 0) is 11.3 Å². The van der Waals surface area contributed by atoms with E-state index in [-0.39, 0.29) is 11.8 Å². The van der Waals surface area contributed by atoms with Crippen molar-refractivity contribution in [3.63, 3.8) is 0 Å². The molecule has 1 aliphatic rings. The molecule has 2 aromatic carbocycles. The van der Waals surface area contributed by atoms with Crippen LogP contribution in [0.4, 0.5) is 14.5 Å². The second kappa shape index (κ2) is 10.6. The number of rotatable bonds is 7. The first-order chi connectivity index (χ1) is 15.3. The summed E-state index contributed by atoms with van der Waals surface area (Å²) in [5.41, 5.74) is 1.47. The Balaban J connectivity index is 1.66. The van der Waals surface area contributed by atoms with E-state index in [0.717, 1.165) is 30.8 Å². The van der Waals surface area contributed by atoms with Gasteiger partial charge >= 0.3 is 0 Å². The fraction of sp³-hybridized carbons (Fsp3) is 0.440. The van der Waals surface area contributed by atoms with Crippen molar-refractivity contribution in [1.29, 1.82) is 0 Å². The summed E-state index contributed by atoms with van der Waals surface area (Å²) in [6.45, 7) is 6.06. The lowest BCUT2D eigenvalue weighted by Crippen LogP contribution is -2.50. The zero-order chi connectivity index (χ0) is 23.3. The van der Waals surface area contributed by atoms with Gasteiger partial charge in [0.15, 0.2) is 0 Å². The summed E-state index contributed by atoms with van der Waals surface area (Å²) in [5.74, 6) is -3.43. The first-order valence-corrected chi connectivity index (χ1v) is 11.1. The fourth-order valence-electron chi connectivity index (χ4n) is 4.00. The molecule has 1 saturated heterocycles. The molecule has 0 saturated carbocycles. The van der Waals surface area contributed by atoms with E-state index in [0.29, 0.717) is 6.54 Å². The third kappa shape index (κ3) is 5.64. The van der Waals surface area contributed by atoms with E-state index in [1.807, 2.05) is 12.1 Å².